The van der Waals surface area contributed by atoms with Gasteiger partial charge in [-0.15, -0.1) is 0 Å². The molecule has 0 aliphatic heterocycles. The number of hydrogen-bond donors (Lipinski definition) is 3. The molecule has 0 spiro atoms. The number of carbonyl (C=O) groups is 1. The number of nitrogens with two attached hydrogens (primary N) is 1. The molecule has 4 N–H and O–H groups in total. The summed E-state index contributed by atoms with van der Waals surface area (Å²) in [5.41, 5.74) is 4.64. The van der Waals surface area contributed by atoms with E-state index in [1.807, 2.05) is 0 Å². The number of rotatable bonds is 6. The van der Waals surface area contributed by atoms with Crippen molar-refractivity contribution in [3.63, 3.8) is 0 Å². The van der Waals surface area contributed by atoms with Crippen LogP contribution >= 0.6 is 0 Å². The van der Waals surface area contributed by atoms with Crippen LogP contribution in [-0.2, 0) is 4.79 Å². The first-order chi connectivity index (χ1) is 9.82. The van der Waals surface area contributed by atoms with Gasteiger partial charge in [-0.2, -0.15) is 13.2 Å². The Bertz CT molecular complexity index is 377. The van der Waals surface area contributed by atoms with E-state index in [-0.39, 0.29) is 31.1 Å². The molecule has 0 aromatic carbocycles. The molecule has 0 aromatic heterocycles. The summed E-state index contributed by atoms with van der Waals surface area (Å²) >= 11 is 0. The van der Waals surface area contributed by atoms with Crippen LogP contribution in [0.5, 0.6) is 0 Å². The predicted molar refractivity (Wildman–Crippen MR) is 71.8 cm³/mol. The molecule has 0 saturated heterocycles. The normalized spacial score (nSPS) is 19.3. The van der Waals surface area contributed by atoms with Crippen molar-refractivity contribution >= 4 is 11.7 Å². The number of nitrogens with one attached hydrogen (secondary N) is 1. The summed E-state index contributed by atoms with van der Waals surface area (Å²) < 4.78 is 36.0. The summed E-state index contributed by atoms with van der Waals surface area (Å²) in [6.07, 6.45) is -1.21. The second-order valence-corrected chi connectivity index (χ2v) is 5.46. The fourth-order valence-corrected chi connectivity index (χ4v) is 2.67. The number of unbranched alkanes of at least 4 members (excludes halogenated alkanes) is 1. The minimum Gasteiger partial charge on any atom is -0.409 e. The van der Waals surface area contributed by atoms with Crippen LogP contribution < -0.4 is 11.1 Å². The Morgan fingerprint density at radius 2 is 1.86 bits per heavy atom. The zero-order chi connectivity index (χ0) is 15.9. The van der Waals surface area contributed by atoms with Crippen molar-refractivity contribution in [3.05, 3.63) is 0 Å². The van der Waals surface area contributed by atoms with E-state index in [4.69, 9.17) is 10.9 Å². The molecule has 0 aromatic rings. The number of hydrogen-bond acceptors (Lipinski definition) is 3. The van der Waals surface area contributed by atoms with Crippen LogP contribution in [0.3, 0.4) is 0 Å². The van der Waals surface area contributed by atoms with E-state index in [9.17, 15) is 18.0 Å². The van der Waals surface area contributed by atoms with Gasteiger partial charge in [0.05, 0.1) is 0 Å². The quantitative estimate of drug-likeness (QED) is 0.232. The van der Waals surface area contributed by atoms with Crippen LogP contribution in [0.15, 0.2) is 5.16 Å². The fourth-order valence-electron chi connectivity index (χ4n) is 2.67. The maximum Gasteiger partial charge on any atom is 0.389 e. The van der Waals surface area contributed by atoms with Crippen molar-refractivity contribution in [2.45, 2.75) is 57.5 Å². The van der Waals surface area contributed by atoms with E-state index in [1.165, 1.54) is 0 Å². The summed E-state index contributed by atoms with van der Waals surface area (Å²) in [4.78, 5) is 12.3. The molecule has 1 amide bonds. The molecule has 0 heterocycles. The average Bonchev–Trinajstić information content (AvgIpc) is 2.45. The zero-order valence-electron chi connectivity index (χ0n) is 11.9. The lowest BCUT2D eigenvalue weighted by atomic mass is 9.72. The Morgan fingerprint density at radius 1 is 1.24 bits per heavy atom. The Kier molecular flexibility index (Phi) is 6.29. The van der Waals surface area contributed by atoms with Crippen molar-refractivity contribution < 1.29 is 23.2 Å². The smallest absolute Gasteiger partial charge is 0.389 e. The monoisotopic (exact) mass is 309 g/mol. The SMILES string of the molecule is NC(=NO)C1(C(=O)NCCCCC(F)(F)F)CCCCC1. The molecule has 1 rings (SSSR count). The Balaban J connectivity index is 2.47. The summed E-state index contributed by atoms with van der Waals surface area (Å²) in [5, 5.41) is 14.4. The first kappa shape index (κ1) is 17.6. The summed E-state index contributed by atoms with van der Waals surface area (Å²) in [6.45, 7) is 0.162. The van der Waals surface area contributed by atoms with E-state index in [0.29, 0.717) is 12.8 Å². The van der Waals surface area contributed by atoms with Crippen molar-refractivity contribution in [2.75, 3.05) is 6.54 Å². The highest BCUT2D eigenvalue weighted by Crippen LogP contribution is 2.36. The molecule has 1 fully saturated rings. The van der Waals surface area contributed by atoms with Crippen LogP contribution in [0.2, 0.25) is 0 Å². The van der Waals surface area contributed by atoms with E-state index in [0.717, 1.165) is 19.3 Å². The number of alkyl halides is 3. The summed E-state index contributed by atoms with van der Waals surface area (Å²) in [7, 11) is 0. The van der Waals surface area contributed by atoms with Crippen LogP contribution in [0.4, 0.5) is 13.2 Å². The van der Waals surface area contributed by atoms with Crippen molar-refractivity contribution in [1.82, 2.24) is 5.32 Å². The number of oxime groups is 1. The molecule has 8 heteroatoms. The minimum absolute atomic E-state index is 0.0274. The Morgan fingerprint density at radius 3 is 2.38 bits per heavy atom. The minimum atomic E-state index is -4.16. The molecular formula is C13H22F3N3O2. The van der Waals surface area contributed by atoms with Crippen LogP contribution in [0, 0.1) is 5.41 Å². The van der Waals surface area contributed by atoms with Gasteiger partial charge < -0.3 is 16.3 Å². The second-order valence-electron chi connectivity index (χ2n) is 5.46. The van der Waals surface area contributed by atoms with Gasteiger partial charge in [0.2, 0.25) is 5.91 Å². The van der Waals surface area contributed by atoms with E-state index in [1.54, 1.807) is 0 Å². The third-order valence-electron chi connectivity index (χ3n) is 3.91. The lowest BCUT2D eigenvalue weighted by Crippen LogP contribution is -2.51. The average molecular weight is 309 g/mol. The summed E-state index contributed by atoms with van der Waals surface area (Å²) in [5.74, 6) is -0.473. The number of carbonyl (C=O) groups excluding carboxylic acids is 1. The highest BCUT2D eigenvalue weighted by molar-refractivity contribution is 6.06. The van der Waals surface area contributed by atoms with Gasteiger partial charge in [0.15, 0.2) is 5.84 Å². The first-order valence-corrected chi connectivity index (χ1v) is 7.15. The standard InChI is InChI=1S/C13H22F3N3O2/c14-13(15,16)8-4-5-9-18-11(20)12(10(17)19-21)6-2-1-3-7-12/h21H,1-9H2,(H2,17,19)(H,18,20). The lowest BCUT2D eigenvalue weighted by Gasteiger charge is -2.34. The number of amidine groups is 1. The van der Waals surface area contributed by atoms with Gasteiger partial charge in [-0.05, 0) is 25.7 Å². The molecule has 122 valence electrons. The second kappa shape index (κ2) is 7.51. The van der Waals surface area contributed by atoms with Crippen LogP contribution in [-0.4, -0.2) is 29.7 Å². The van der Waals surface area contributed by atoms with Crippen molar-refractivity contribution in [1.29, 1.82) is 0 Å². The predicted octanol–water partition coefficient (Wildman–Crippen LogP) is 2.53. The van der Waals surface area contributed by atoms with Gasteiger partial charge >= 0.3 is 6.18 Å². The maximum atomic E-state index is 12.3. The fraction of sp³-hybridized carbons (Fsp3) is 0.846. The van der Waals surface area contributed by atoms with E-state index < -0.39 is 18.0 Å². The molecule has 1 saturated carbocycles. The van der Waals surface area contributed by atoms with E-state index >= 15 is 0 Å². The van der Waals surface area contributed by atoms with Crippen molar-refractivity contribution in [2.24, 2.45) is 16.3 Å². The molecule has 0 radical (unpaired) electrons. The highest BCUT2D eigenvalue weighted by Gasteiger charge is 2.43. The third-order valence-corrected chi connectivity index (χ3v) is 3.91. The van der Waals surface area contributed by atoms with Crippen LogP contribution in [0.1, 0.15) is 51.4 Å². The number of nitrogens with zero attached hydrogens (tertiary/aromatic N) is 1. The molecule has 0 bridgehead atoms. The van der Waals surface area contributed by atoms with Gasteiger partial charge in [-0.3, -0.25) is 4.79 Å². The molecule has 1 aliphatic carbocycles. The Labute approximate surface area is 121 Å². The topological polar surface area (TPSA) is 87.7 Å². The lowest BCUT2D eigenvalue weighted by molar-refractivity contribution is -0.135. The van der Waals surface area contributed by atoms with Gasteiger partial charge in [0, 0.05) is 13.0 Å². The number of halogens is 3. The third kappa shape index (κ3) is 5.09. The number of amides is 1. The van der Waals surface area contributed by atoms with Gasteiger partial charge in [0.25, 0.3) is 0 Å². The van der Waals surface area contributed by atoms with Crippen molar-refractivity contribution in [3.8, 4) is 0 Å². The van der Waals surface area contributed by atoms with Gasteiger partial charge in [0.1, 0.15) is 5.41 Å². The van der Waals surface area contributed by atoms with E-state index in [2.05, 4.69) is 10.5 Å². The van der Waals surface area contributed by atoms with Gasteiger partial charge in [-0.25, -0.2) is 0 Å². The largest absolute Gasteiger partial charge is 0.409 e. The molecule has 21 heavy (non-hydrogen) atoms. The summed E-state index contributed by atoms with van der Waals surface area (Å²) in [6, 6.07) is 0. The highest BCUT2D eigenvalue weighted by atomic mass is 19.4. The zero-order valence-corrected chi connectivity index (χ0v) is 11.9. The molecule has 1 aliphatic rings. The molecule has 0 unspecified atom stereocenters. The first-order valence-electron chi connectivity index (χ1n) is 7.15. The molecule has 0 atom stereocenters. The molecular weight excluding hydrogens is 287 g/mol. The van der Waals surface area contributed by atoms with Gasteiger partial charge in [-0.1, -0.05) is 24.4 Å². The molecule has 5 nitrogen and oxygen atoms in total. The van der Waals surface area contributed by atoms with Crippen LogP contribution in [0.25, 0.3) is 0 Å². The Hall–Kier alpha value is -1.47. The maximum absolute atomic E-state index is 12.3.